The summed E-state index contributed by atoms with van der Waals surface area (Å²) in [6.07, 6.45) is -4.42. The molecule has 12 heteroatoms. The van der Waals surface area contributed by atoms with Crippen LogP contribution in [0.2, 0.25) is 0 Å². The lowest BCUT2D eigenvalue weighted by atomic mass is 9.98. The summed E-state index contributed by atoms with van der Waals surface area (Å²) in [5.41, 5.74) is 1.69. The number of amides is 4. The van der Waals surface area contributed by atoms with Gasteiger partial charge < -0.3 is 20.0 Å². The molecule has 1 fully saturated rings. The number of hydrogen-bond donors (Lipinski definition) is 1. The van der Waals surface area contributed by atoms with E-state index in [-0.39, 0.29) is 30.9 Å². The molecule has 196 valence electrons. The predicted octanol–water partition coefficient (Wildman–Crippen LogP) is 3.30. The Kier molecular flexibility index (Phi) is 6.61. The molecule has 1 unspecified atom stereocenters. The normalized spacial score (nSPS) is 20.5. The molecule has 0 bridgehead atoms. The molecule has 3 aliphatic rings. The maximum atomic E-state index is 13.4. The zero-order chi connectivity index (χ0) is 26.3. The number of halogens is 3. The Bertz CT molecular complexity index is 1240. The Morgan fingerprint density at radius 1 is 1.14 bits per heavy atom. The molecule has 1 aromatic carbocycles. The first-order valence-electron chi connectivity index (χ1n) is 12.0. The SMILES string of the molecule is CCN1C(=O)NC(c2ccsc2)C2=C1CN(CC(=O)N1CCN(c3cccc(C(F)(F)F)c3)CC1)C2=O. The third kappa shape index (κ3) is 4.77. The number of piperazine rings is 1. The Balaban J connectivity index is 1.24. The van der Waals surface area contributed by atoms with E-state index in [0.717, 1.165) is 17.7 Å². The highest BCUT2D eigenvalue weighted by molar-refractivity contribution is 7.08. The smallest absolute Gasteiger partial charge is 0.368 e. The second-order valence-electron chi connectivity index (χ2n) is 9.12. The molecular formula is C25H26F3N5O3S. The second kappa shape index (κ2) is 9.73. The Labute approximate surface area is 215 Å². The fourth-order valence-corrected chi connectivity index (χ4v) is 5.74. The number of nitrogens with one attached hydrogen (secondary N) is 1. The number of anilines is 1. The monoisotopic (exact) mass is 533 g/mol. The zero-order valence-electron chi connectivity index (χ0n) is 20.1. The predicted molar refractivity (Wildman–Crippen MR) is 132 cm³/mol. The van der Waals surface area contributed by atoms with Crippen LogP contribution in [0.1, 0.15) is 24.1 Å². The van der Waals surface area contributed by atoms with Gasteiger partial charge in [0.15, 0.2) is 0 Å². The van der Waals surface area contributed by atoms with Crippen LogP contribution < -0.4 is 10.2 Å². The molecule has 1 N–H and O–H groups in total. The summed E-state index contributed by atoms with van der Waals surface area (Å²) < 4.78 is 39.2. The van der Waals surface area contributed by atoms with Crippen LogP contribution in [0.25, 0.3) is 0 Å². The fraction of sp³-hybridized carbons (Fsp3) is 0.400. The molecule has 2 aromatic rings. The van der Waals surface area contributed by atoms with Gasteiger partial charge in [0.2, 0.25) is 5.91 Å². The van der Waals surface area contributed by atoms with Crippen molar-refractivity contribution in [1.29, 1.82) is 0 Å². The van der Waals surface area contributed by atoms with Crippen molar-refractivity contribution in [2.45, 2.75) is 19.1 Å². The van der Waals surface area contributed by atoms with Gasteiger partial charge in [-0.3, -0.25) is 14.5 Å². The maximum Gasteiger partial charge on any atom is 0.416 e. The highest BCUT2D eigenvalue weighted by atomic mass is 32.1. The molecule has 4 amide bonds. The van der Waals surface area contributed by atoms with Crippen molar-refractivity contribution in [2.24, 2.45) is 0 Å². The van der Waals surface area contributed by atoms with E-state index in [2.05, 4.69) is 5.32 Å². The van der Waals surface area contributed by atoms with E-state index in [9.17, 15) is 27.6 Å². The number of hydrogen-bond acceptors (Lipinski definition) is 5. The molecule has 4 heterocycles. The van der Waals surface area contributed by atoms with Gasteiger partial charge >= 0.3 is 12.2 Å². The van der Waals surface area contributed by atoms with Crippen molar-refractivity contribution >= 4 is 34.9 Å². The standard InChI is InChI=1S/C25H26F3N5O3S/c1-2-33-19-13-32(23(35)21(19)22(29-24(33)36)16-6-11-37-15-16)14-20(34)31-9-7-30(8-10-31)18-5-3-4-17(12-18)25(26,27)28/h3-6,11-12,15,22H,2,7-10,13-14H2,1H3,(H,29,36). The molecule has 37 heavy (non-hydrogen) atoms. The van der Waals surface area contributed by atoms with Gasteiger partial charge in [0, 0.05) is 38.4 Å². The molecule has 1 atom stereocenters. The Morgan fingerprint density at radius 2 is 1.89 bits per heavy atom. The minimum atomic E-state index is -4.42. The summed E-state index contributed by atoms with van der Waals surface area (Å²) in [5.74, 6) is -0.507. The minimum absolute atomic E-state index is 0.127. The van der Waals surface area contributed by atoms with E-state index in [4.69, 9.17) is 0 Å². The van der Waals surface area contributed by atoms with Crippen LogP contribution in [-0.2, 0) is 15.8 Å². The summed E-state index contributed by atoms with van der Waals surface area (Å²) in [4.78, 5) is 45.7. The molecule has 0 saturated carbocycles. The highest BCUT2D eigenvalue weighted by Crippen LogP contribution is 2.37. The van der Waals surface area contributed by atoms with Crippen molar-refractivity contribution in [2.75, 3.05) is 50.7 Å². The van der Waals surface area contributed by atoms with Crippen LogP contribution in [0.15, 0.2) is 52.4 Å². The molecule has 3 aliphatic heterocycles. The van der Waals surface area contributed by atoms with Gasteiger partial charge in [0.25, 0.3) is 5.91 Å². The van der Waals surface area contributed by atoms with Crippen molar-refractivity contribution in [3.8, 4) is 0 Å². The van der Waals surface area contributed by atoms with Gasteiger partial charge in [-0.2, -0.15) is 24.5 Å². The number of carbonyl (C=O) groups excluding carboxylic acids is 3. The summed E-state index contributed by atoms with van der Waals surface area (Å²) in [5, 5.41) is 6.68. The fourth-order valence-electron chi connectivity index (χ4n) is 5.06. The lowest BCUT2D eigenvalue weighted by Crippen LogP contribution is -2.51. The number of rotatable bonds is 5. The summed E-state index contributed by atoms with van der Waals surface area (Å²) >= 11 is 1.47. The van der Waals surface area contributed by atoms with Gasteiger partial charge in [-0.25, -0.2) is 4.79 Å². The number of thiophene rings is 1. The molecule has 0 aliphatic carbocycles. The molecular weight excluding hydrogens is 507 g/mol. The topological polar surface area (TPSA) is 76.2 Å². The second-order valence-corrected chi connectivity index (χ2v) is 9.90. The quantitative estimate of drug-likeness (QED) is 0.640. The summed E-state index contributed by atoms with van der Waals surface area (Å²) in [6, 6.07) is 6.21. The summed E-state index contributed by atoms with van der Waals surface area (Å²) in [7, 11) is 0. The number of alkyl halides is 3. The third-order valence-electron chi connectivity index (χ3n) is 6.99. The first-order chi connectivity index (χ1) is 17.7. The van der Waals surface area contributed by atoms with Crippen molar-refractivity contribution in [3.63, 3.8) is 0 Å². The maximum absolute atomic E-state index is 13.4. The van der Waals surface area contributed by atoms with Gasteiger partial charge in [-0.15, -0.1) is 0 Å². The molecule has 0 spiro atoms. The van der Waals surface area contributed by atoms with Gasteiger partial charge in [-0.05, 0) is 47.5 Å². The number of nitrogens with zero attached hydrogens (tertiary/aromatic N) is 4. The van der Waals surface area contributed by atoms with E-state index in [1.54, 1.807) is 11.0 Å². The van der Waals surface area contributed by atoms with E-state index >= 15 is 0 Å². The average molecular weight is 534 g/mol. The lowest BCUT2D eigenvalue weighted by molar-refractivity contribution is -0.137. The largest absolute Gasteiger partial charge is 0.416 e. The number of likely N-dealkylation sites (N-methyl/N-ethyl adjacent to an activating group) is 1. The van der Waals surface area contributed by atoms with Crippen LogP contribution in [0, 0.1) is 0 Å². The van der Waals surface area contributed by atoms with Crippen molar-refractivity contribution in [1.82, 2.24) is 20.0 Å². The first kappa shape index (κ1) is 25.1. The van der Waals surface area contributed by atoms with Gasteiger partial charge in [0.05, 0.1) is 29.4 Å². The number of benzene rings is 1. The van der Waals surface area contributed by atoms with Crippen LogP contribution in [0.4, 0.5) is 23.7 Å². The van der Waals surface area contributed by atoms with Crippen LogP contribution in [0.3, 0.4) is 0 Å². The Morgan fingerprint density at radius 3 is 2.54 bits per heavy atom. The molecule has 5 rings (SSSR count). The van der Waals surface area contributed by atoms with Gasteiger partial charge in [-0.1, -0.05) is 6.07 Å². The zero-order valence-corrected chi connectivity index (χ0v) is 20.9. The first-order valence-corrected chi connectivity index (χ1v) is 12.9. The van der Waals surface area contributed by atoms with Crippen LogP contribution in [0.5, 0.6) is 0 Å². The highest BCUT2D eigenvalue weighted by Gasteiger charge is 2.44. The number of urea groups is 1. The molecule has 1 aromatic heterocycles. The molecule has 0 radical (unpaired) electrons. The Hall–Kier alpha value is -3.54. The van der Waals surface area contributed by atoms with Crippen LogP contribution >= 0.6 is 11.3 Å². The van der Waals surface area contributed by atoms with Crippen molar-refractivity contribution in [3.05, 3.63) is 63.5 Å². The van der Waals surface area contributed by atoms with E-state index in [1.807, 2.05) is 28.7 Å². The average Bonchev–Trinajstić information content (AvgIpc) is 3.52. The molecule has 1 saturated heterocycles. The van der Waals surface area contributed by atoms with Crippen LogP contribution in [-0.4, -0.2) is 78.4 Å². The summed E-state index contributed by atoms with van der Waals surface area (Å²) in [6.45, 7) is 3.72. The number of carbonyl (C=O) groups is 3. The van der Waals surface area contributed by atoms with E-state index in [1.165, 1.54) is 27.2 Å². The molecule has 8 nitrogen and oxygen atoms in total. The third-order valence-corrected chi connectivity index (χ3v) is 7.69. The van der Waals surface area contributed by atoms with Crippen molar-refractivity contribution < 1.29 is 27.6 Å². The van der Waals surface area contributed by atoms with E-state index in [0.29, 0.717) is 49.7 Å². The van der Waals surface area contributed by atoms with Gasteiger partial charge in [0.1, 0.15) is 6.54 Å². The lowest BCUT2D eigenvalue weighted by Gasteiger charge is -2.37. The minimum Gasteiger partial charge on any atom is -0.368 e. The van der Waals surface area contributed by atoms with E-state index < -0.39 is 17.8 Å².